The summed E-state index contributed by atoms with van der Waals surface area (Å²) in [6.07, 6.45) is 1.25. The van der Waals surface area contributed by atoms with E-state index in [4.69, 9.17) is 4.98 Å². The first-order chi connectivity index (χ1) is 13.5. The average molecular weight is 372 g/mol. The van der Waals surface area contributed by atoms with Gasteiger partial charge in [-0.2, -0.15) is 4.98 Å². The molecule has 3 aromatic rings. The molecule has 2 aromatic carbocycles. The lowest BCUT2D eigenvalue weighted by Gasteiger charge is -2.30. The van der Waals surface area contributed by atoms with Gasteiger partial charge in [0.05, 0.1) is 11.3 Å². The van der Waals surface area contributed by atoms with Crippen LogP contribution in [0.3, 0.4) is 0 Å². The molecule has 0 aliphatic heterocycles. The molecule has 0 unspecified atom stereocenters. The zero-order chi connectivity index (χ0) is 19.6. The Morgan fingerprint density at radius 3 is 2.32 bits per heavy atom. The van der Waals surface area contributed by atoms with Gasteiger partial charge in [0, 0.05) is 18.7 Å². The van der Waals surface area contributed by atoms with Crippen molar-refractivity contribution in [2.45, 2.75) is 33.2 Å². The number of hydrogen-bond acceptors (Lipinski definition) is 5. The van der Waals surface area contributed by atoms with E-state index in [1.165, 1.54) is 0 Å². The second-order valence-corrected chi connectivity index (χ2v) is 7.99. The van der Waals surface area contributed by atoms with Crippen molar-refractivity contribution in [1.29, 1.82) is 0 Å². The smallest absolute Gasteiger partial charge is 0.225 e. The highest BCUT2D eigenvalue weighted by Crippen LogP contribution is 2.37. The highest BCUT2D eigenvalue weighted by atomic mass is 16.1. The van der Waals surface area contributed by atoms with Gasteiger partial charge in [0.15, 0.2) is 5.78 Å². The van der Waals surface area contributed by atoms with Crippen LogP contribution in [0.25, 0.3) is 0 Å². The molecule has 4 rings (SSSR count). The molecule has 2 N–H and O–H groups in total. The maximum atomic E-state index is 12.9. The molecule has 28 heavy (non-hydrogen) atoms. The fourth-order valence-corrected chi connectivity index (χ4v) is 3.57. The average Bonchev–Trinajstić information content (AvgIpc) is 2.66. The lowest BCUT2D eigenvalue weighted by molar-refractivity contribution is 0.0911. The molecule has 142 valence electrons. The number of rotatable bonds is 5. The molecule has 1 heterocycles. The molecule has 0 atom stereocenters. The second-order valence-electron chi connectivity index (χ2n) is 7.99. The summed E-state index contributed by atoms with van der Waals surface area (Å²) in [5.74, 6) is 1.21. The third kappa shape index (κ3) is 4.03. The molecule has 5 heteroatoms. The van der Waals surface area contributed by atoms with Crippen LogP contribution < -0.4 is 10.6 Å². The molecular weight excluding hydrogens is 348 g/mol. The number of aromatic nitrogens is 2. The number of nitrogens with zero attached hydrogens (tertiary/aromatic N) is 2. The van der Waals surface area contributed by atoms with Crippen molar-refractivity contribution in [3.05, 3.63) is 77.5 Å². The minimum atomic E-state index is -0.0981. The Morgan fingerprint density at radius 1 is 0.929 bits per heavy atom. The van der Waals surface area contributed by atoms with Crippen molar-refractivity contribution in [1.82, 2.24) is 9.97 Å². The number of hydrogen-bond donors (Lipinski definition) is 2. The van der Waals surface area contributed by atoms with Crippen LogP contribution >= 0.6 is 0 Å². The maximum absolute atomic E-state index is 12.9. The third-order valence-corrected chi connectivity index (χ3v) is 4.88. The van der Waals surface area contributed by atoms with Crippen LogP contribution in [0.15, 0.2) is 60.7 Å². The Kier molecular flexibility index (Phi) is 4.82. The van der Waals surface area contributed by atoms with Gasteiger partial charge in [-0.25, -0.2) is 4.98 Å². The quantitative estimate of drug-likeness (QED) is 0.661. The van der Waals surface area contributed by atoms with Crippen molar-refractivity contribution >= 4 is 23.2 Å². The van der Waals surface area contributed by atoms with Gasteiger partial charge in [-0.3, -0.25) is 4.79 Å². The van der Waals surface area contributed by atoms with Gasteiger partial charge in [-0.1, -0.05) is 62.4 Å². The van der Waals surface area contributed by atoms with Crippen LogP contribution in [-0.4, -0.2) is 15.8 Å². The molecule has 0 bridgehead atoms. The van der Waals surface area contributed by atoms with E-state index in [1.807, 2.05) is 48.5 Å². The van der Waals surface area contributed by atoms with E-state index < -0.39 is 0 Å². The van der Waals surface area contributed by atoms with Gasteiger partial charge in [0.2, 0.25) is 5.95 Å². The molecule has 1 aromatic heterocycles. The standard InChI is InChI=1S/C23H24N4O/c1-23(2)13-18-20(19(28)14-23)21(25-17-11-7-4-8-12-17)27-22(26-18)24-15-16-9-5-3-6-10-16/h3-12H,13-15H2,1-2H3,(H2,24,25,26,27). The number of nitrogens with one attached hydrogen (secondary N) is 2. The summed E-state index contributed by atoms with van der Waals surface area (Å²) in [6.45, 7) is 4.84. The highest BCUT2D eigenvalue weighted by molar-refractivity contribution is 6.03. The van der Waals surface area contributed by atoms with Crippen molar-refractivity contribution in [3.63, 3.8) is 0 Å². The van der Waals surface area contributed by atoms with E-state index in [-0.39, 0.29) is 11.2 Å². The summed E-state index contributed by atoms with van der Waals surface area (Å²) in [6, 6.07) is 19.9. The van der Waals surface area contributed by atoms with E-state index in [2.05, 4.69) is 41.6 Å². The summed E-state index contributed by atoms with van der Waals surface area (Å²) in [5.41, 5.74) is 3.38. The van der Waals surface area contributed by atoms with Gasteiger partial charge < -0.3 is 10.6 Å². The molecule has 0 spiro atoms. The molecule has 1 aliphatic rings. The van der Waals surface area contributed by atoms with Crippen molar-refractivity contribution in [2.75, 3.05) is 10.6 Å². The van der Waals surface area contributed by atoms with Gasteiger partial charge >= 0.3 is 0 Å². The first-order valence-electron chi connectivity index (χ1n) is 9.54. The molecule has 1 aliphatic carbocycles. The number of carbonyl (C=O) groups excluding carboxylic acids is 1. The van der Waals surface area contributed by atoms with Gasteiger partial charge in [-0.05, 0) is 29.5 Å². The fourth-order valence-electron chi connectivity index (χ4n) is 3.57. The van der Waals surface area contributed by atoms with Gasteiger partial charge in [0.1, 0.15) is 5.82 Å². The van der Waals surface area contributed by atoms with Crippen LogP contribution in [0.1, 0.15) is 41.9 Å². The highest BCUT2D eigenvalue weighted by Gasteiger charge is 2.34. The molecular formula is C23H24N4O. The lowest BCUT2D eigenvalue weighted by atomic mass is 9.75. The number of benzene rings is 2. The number of ketones is 1. The first kappa shape index (κ1) is 18.2. The van der Waals surface area contributed by atoms with Crippen molar-refractivity contribution in [2.24, 2.45) is 5.41 Å². The summed E-state index contributed by atoms with van der Waals surface area (Å²) < 4.78 is 0. The molecule has 0 fully saturated rings. The summed E-state index contributed by atoms with van der Waals surface area (Å²) in [7, 11) is 0. The summed E-state index contributed by atoms with van der Waals surface area (Å²) >= 11 is 0. The molecule has 0 saturated carbocycles. The van der Waals surface area contributed by atoms with Crippen LogP contribution in [-0.2, 0) is 13.0 Å². The Balaban J connectivity index is 1.69. The Hall–Kier alpha value is -3.21. The van der Waals surface area contributed by atoms with E-state index in [1.54, 1.807) is 0 Å². The molecule has 5 nitrogen and oxygen atoms in total. The maximum Gasteiger partial charge on any atom is 0.225 e. The summed E-state index contributed by atoms with van der Waals surface area (Å²) in [4.78, 5) is 22.2. The minimum absolute atomic E-state index is 0.0966. The topological polar surface area (TPSA) is 66.9 Å². The zero-order valence-electron chi connectivity index (χ0n) is 16.2. The first-order valence-corrected chi connectivity index (χ1v) is 9.54. The number of Topliss-reactive ketones (excluding diaryl/α,β-unsaturated/α-hetero) is 1. The fraction of sp³-hybridized carbons (Fsp3) is 0.261. The zero-order valence-corrected chi connectivity index (χ0v) is 16.2. The Morgan fingerprint density at radius 2 is 1.61 bits per heavy atom. The molecule has 0 amide bonds. The number of carbonyl (C=O) groups is 1. The van der Waals surface area contributed by atoms with E-state index >= 15 is 0 Å². The SMILES string of the molecule is CC1(C)CC(=O)c2c(nc(NCc3ccccc3)nc2Nc2ccccc2)C1. The van der Waals surface area contributed by atoms with Crippen molar-refractivity contribution < 1.29 is 4.79 Å². The third-order valence-electron chi connectivity index (χ3n) is 4.88. The van der Waals surface area contributed by atoms with E-state index in [0.717, 1.165) is 23.4 Å². The molecule has 0 radical (unpaired) electrons. The van der Waals surface area contributed by atoms with Gasteiger partial charge in [0.25, 0.3) is 0 Å². The van der Waals surface area contributed by atoms with Crippen LogP contribution in [0.4, 0.5) is 17.5 Å². The van der Waals surface area contributed by atoms with Crippen LogP contribution in [0.2, 0.25) is 0 Å². The Bertz CT molecular complexity index is 984. The minimum Gasteiger partial charge on any atom is -0.350 e. The normalized spacial score (nSPS) is 15.0. The molecule has 0 saturated heterocycles. The van der Waals surface area contributed by atoms with Crippen LogP contribution in [0.5, 0.6) is 0 Å². The van der Waals surface area contributed by atoms with E-state index in [0.29, 0.717) is 30.3 Å². The second kappa shape index (κ2) is 7.43. The number of fused-ring (bicyclic) bond motifs is 1. The summed E-state index contributed by atoms with van der Waals surface area (Å²) in [5, 5.41) is 6.62. The van der Waals surface area contributed by atoms with Crippen LogP contribution in [0, 0.1) is 5.41 Å². The number of anilines is 3. The number of para-hydroxylation sites is 1. The lowest BCUT2D eigenvalue weighted by Crippen LogP contribution is -2.29. The largest absolute Gasteiger partial charge is 0.350 e. The van der Waals surface area contributed by atoms with Crippen molar-refractivity contribution in [3.8, 4) is 0 Å². The van der Waals surface area contributed by atoms with Gasteiger partial charge in [-0.15, -0.1) is 0 Å². The predicted molar refractivity (Wildman–Crippen MR) is 112 cm³/mol. The predicted octanol–water partition coefficient (Wildman–Crippen LogP) is 4.99. The van der Waals surface area contributed by atoms with E-state index in [9.17, 15) is 4.79 Å². The Labute approximate surface area is 165 Å². The monoisotopic (exact) mass is 372 g/mol.